The Balaban J connectivity index is 1.36. The Morgan fingerprint density at radius 2 is 2.05 bits per heavy atom. The molecule has 38 heavy (non-hydrogen) atoms. The van der Waals surface area contributed by atoms with Crippen molar-refractivity contribution in [2.45, 2.75) is 60.7 Å². The molecule has 0 aromatic carbocycles. The van der Waals surface area contributed by atoms with Crippen LogP contribution in [0.1, 0.15) is 44.7 Å². The second-order valence-electron chi connectivity index (χ2n) is 9.60. The number of ether oxygens (including phenoxy) is 3. The number of carbonyl (C=O) groups is 2. The molecule has 0 bridgehead atoms. The van der Waals surface area contributed by atoms with Crippen molar-refractivity contribution in [3.8, 4) is 0 Å². The van der Waals surface area contributed by atoms with Gasteiger partial charge in [0.15, 0.2) is 0 Å². The molecule has 212 valence electrons. The number of allylic oxidation sites excluding steroid dienone is 2. The third-order valence-corrected chi connectivity index (χ3v) is 9.90. The summed E-state index contributed by atoms with van der Waals surface area (Å²) in [4.78, 5) is 30.9. The Morgan fingerprint density at radius 3 is 2.82 bits per heavy atom. The van der Waals surface area contributed by atoms with Gasteiger partial charge in [-0.2, -0.15) is 0 Å². The minimum Gasteiger partial charge on any atom is -0.464 e. The number of unbranched alkanes of at least 4 members (excludes halogenated alkanes) is 1. The number of thioether (sulfide) groups is 1. The van der Waals surface area contributed by atoms with Gasteiger partial charge in [-0.15, -0.1) is 23.4 Å². The maximum absolute atomic E-state index is 12.0. The van der Waals surface area contributed by atoms with Gasteiger partial charge in [0, 0.05) is 53.8 Å². The molecule has 11 heteroatoms. The van der Waals surface area contributed by atoms with Crippen LogP contribution in [0, 0.1) is 11.8 Å². The summed E-state index contributed by atoms with van der Waals surface area (Å²) in [6, 6.07) is 3.74. The van der Waals surface area contributed by atoms with Crippen LogP contribution in [-0.4, -0.2) is 77.2 Å². The molecule has 1 aromatic heterocycles. The summed E-state index contributed by atoms with van der Waals surface area (Å²) in [6.07, 6.45) is 8.45. The Hall–Kier alpha value is -0.840. The molecule has 2 fully saturated rings. The highest BCUT2D eigenvalue weighted by molar-refractivity contribution is 9.09. The number of aromatic nitrogens is 1. The minimum atomic E-state index is -0.351. The van der Waals surface area contributed by atoms with Gasteiger partial charge >= 0.3 is 11.9 Å². The van der Waals surface area contributed by atoms with Crippen LogP contribution in [0.3, 0.4) is 0 Å². The van der Waals surface area contributed by atoms with Gasteiger partial charge in [0.25, 0.3) is 0 Å². The molecule has 0 spiro atoms. The van der Waals surface area contributed by atoms with E-state index < -0.39 is 0 Å². The third-order valence-electron chi connectivity index (χ3n) is 6.71. The Morgan fingerprint density at radius 1 is 1.26 bits per heavy atom. The SMILES string of the molecule is CC(=O)OCc1cc(SCC2C(Cl)C(Br)C[C@@H]2C/C=C\CCCC(=O)OCCN2CCOCC2)cc(Cl)n1. The lowest BCUT2D eigenvalue weighted by molar-refractivity contribution is -0.144. The molecular weight excluding hydrogens is 615 g/mol. The van der Waals surface area contributed by atoms with Crippen molar-refractivity contribution in [3.05, 3.63) is 35.1 Å². The van der Waals surface area contributed by atoms with Gasteiger partial charge in [0.1, 0.15) is 18.4 Å². The fourth-order valence-corrected chi connectivity index (χ4v) is 7.56. The first-order chi connectivity index (χ1) is 18.3. The van der Waals surface area contributed by atoms with E-state index in [4.69, 9.17) is 37.4 Å². The van der Waals surface area contributed by atoms with Crippen LogP contribution >= 0.6 is 50.9 Å². The number of esters is 2. The molecule has 1 aromatic rings. The van der Waals surface area contributed by atoms with E-state index in [1.54, 1.807) is 11.8 Å². The summed E-state index contributed by atoms with van der Waals surface area (Å²) in [5.41, 5.74) is 0.628. The predicted octanol–water partition coefficient (Wildman–Crippen LogP) is 5.89. The molecular formula is C27H37BrCl2N2O5S. The first-order valence-corrected chi connectivity index (χ1v) is 15.8. The van der Waals surface area contributed by atoms with Crippen LogP contribution in [0.5, 0.6) is 0 Å². The summed E-state index contributed by atoms with van der Waals surface area (Å²) in [6.45, 7) is 6.00. The first-order valence-electron chi connectivity index (χ1n) is 13.1. The van der Waals surface area contributed by atoms with Crippen LogP contribution in [-0.2, 0) is 30.4 Å². The first kappa shape index (κ1) is 31.7. The second kappa shape index (κ2) is 17.1. The van der Waals surface area contributed by atoms with E-state index in [1.807, 2.05) is 12.1 Å². The molecule has 4 atom stereocenters. The molecule has 3 rings (SSSR count). The van der Waals surface area contributed by atoms with E-state index in [0.717, 1.165) is 69.2 Å². The number of hydrogen-bond donors (Lipinski definition) is 0. The van der Waals surface area contributed by atoms with Crippen molar-refractivity contribution in [1.29, 1.82) is 0 Å². The number of carbonyl (C=O) groups excluding carboxylic acids is 2. The van der Waals surface area contributed by atoms with Crippen molar-refractivity contribution >= 4 is 62.8 Å². The maximum atomic E-state index is 12.0. The molecule has 0 amide bonds. The fourth-order valence-electron chi connectivity index (χ4n) is 4.61. The van der Waals surface area contributed by atoms with Gasteiger partial charge in [0.2, 0.25) is 0 Å². The van der Waals surface area contributed by atoms with Crippen LogP contribution < -0.4 is 0 Å². The fraction of sp³-hybridized carbons (Fsp3) is 0.667. The molecule has 0 radical (unpaired) electrons. The highest BCUT2D eigenvalue weighted by Gasteiger charge is 2.40. The molecule has 1 aliphatic heterocycles. The zero-order chi connectivity index (χ0) is 27.3. The molecule has 2 aliphatic rings. The quantitative estimate of drug-likeness (QED) is 0.0616. The third kappa shape index (κ3) is 11.3. The Bertz CT molecular complexity index is 935. The molecule has 1 saturated heterocycles. The van der Waals surface area contributed by atoms with Gasteiger partial charge in [-0.3, -0.25) is 14.5 Å². The van der Waals surface area contributed by atoms with E-state index >= 15 is 0 Å². The molecule has 3 unspecified atom stereocenters. The van der Waals surface area contributed by atoms with Crippen molar-refractivity contribution in [3.63, 3.8) is 0 Å². The van der Waals surface area contributed by atoms with Crippen LogP contribution in [0.15, 0.2) is 29.2 Å². The van der Waals surface area contributed by atoms with Gasteiger partial charge in [-0.25, -0.2) is 4.98 Å². The van der Waals surface area contributed by atoms with Crippen molar-refractivity contribution < 1.29 is 23.8 Å². The second-order valence-corrected chi connectivity index (χ2v) is 12.8. The highest BCUT2D eigenvalue weighted by atomic mass is 79.9. The number of morpholine rings is 1. The van der Waals surface area contributed by atoms with Gasteiger partial charge in [-0.1, -0.05) is 39.7 Å². The van der Waals surface area contributed by atoms with Crippen molar-refractivity contribution in [1.82, 2.24) is 9.88 Å². The number of hydrogen-bond acceptors (Lipinski definition) is 8. The van der Waals surface area contributed by atoms with Crippen LogP contribution in [0.25, 0.3) is 0 Å². The average Bonchev–Trinajstić information content (AvgIpc) is 3.16. The zero-order valence-electron chi connectivity index (χ0n) is 21.8. The summed E-state index contributed by atoms with van der Waals surface area (Å²) in [7, 11) is 0. The van der Waals surface area contributed by atoms with E-state index in [-0.39, 0.29) is 28.7 Å². The van der Waals surface area contributed by atoms with Crippen molar-refractivity contribution in [2.24, 2.45) is 11.8 Å². The predicted molar refractivity (Wildman–Crippen MR) is 155 cm³/mol. The normalized spacial score (nSPS) is 24.1. The highest BCUT2D eigenvalue weighted by Crippen LogP contribution is 2.44. The molecule has 2 heterocycles. The van der Waals surface area contributed by atoms with Gasteiger partial charge in [0.05, 0.1) is 18.9 Å². The van der Waals surface area contributed by atoms with E-state index in [2.05, 4.69) is 38.0 Å². The Kier molecular flexibility index (Phi) is 14.2. The minimum absolute atomic E-state index is 0.0472. The van der Waals surface area contributed by atoms with Gasteiger partial charge in [-0.05, 0) is 49.7 Å². The molecule has 7 nitrogen and oxygen atoms in total. The smallest absolute Gasteiger partial charge is 0.305 e. The van der Waals surface area contributed by atoms with Crippen LogP contribution in [0.4, 0.5) is 0 Å². The molecule has 1 aliphatic carbocycles. The number of nitrogens with zero attached hydrogens (tertiary/aromatic N) is 2. The number of alkyl halides is 2. The van der Waals surface area contributed by atoms with E-state index in [0.29, 0.717) is 35.7 Å². The number of halogens is 3. The standard InChI is InChI=1S/C27H37BrCl2N2O5S/c1-19(33)37-17-21-15-22(16-25(29)31-21)38-18-23-20(14-24(28)27(23)30)6-4-2-3-5-7-26(34)36-13-10-32-8-11-35-12-9-32/h2,4,15-16,20,23-24,27H,3,5-14,17-18H2,1H3/b4-2-/t20-,23?,24?,27?/m0/s1. The maximum Gasteiger partial charge on any atom is 0.305 e. The summed E-state index contributed by atoms with van der Waals surface area (Å²) >= 11 is 18.4. The van der Waals surface area contributed by atoms with Crippen LogP contribution in [0.2, 0.25) is 5.15 Å². The summed E-state index contributed by atoms with van der Waals surface area (Å²) in [5, 5.41) is 0.427. The monoisotopic (exact) mass is 650 g/mol. The summed E-state index contributed by atoms with van der Waals surface area (Å²) in [5.74, 6) is 1.18. The average molecular weight is 652 g/mol. The lowest BCUT2D eigenvalue weighted by Crippen LogP contribution is -2.38. The summed E-state index contributed by atoms with van der Waals surface area (Å²) < 4.78 is 15.8. The number of pyridine rings is 1. The Labute approximate surface area is 248 Å². The van der Waals surface area contributed by atoms with E-state index in [1.165, 1.54) is 6.92 Å². The molecule has 1 saturated carbocycles. The van der Waals surface area contributed by atoms with E-state index in [9.17, 15) is 9.59 Å². The zero-order valence-corrected chi connectivity index (χ0v) is 25.7. The number of rotatable bonds is 14. The largest absolute Gasteiger partial charge is 0.464 e. The lowest BCUT2D eigenvalue weighted by Gasteiger charge is -2.26. The topological polar surface area (TPSA) is 78.0 Å². The molecule has 0 N–H and O–H groups in total. The van der Waals surface area contributed by atoms with Crippen molar-refractivity contribution in [2.75, 3.05) is 45.2 Å². The van der Waals surface area contributed by atoms with Gasteiger partial charge < -0.3 is 14.2 Å². The lowest BCUT2D eigenvalue weighted by atomic mass is 9.94.